The first-order chi connectivity index (χ1) is 12.8. The minimum Gasteiger partial charge on any atom is -0.379 e. The number of rotatable bonds is 5. The Morgan fingerprint density at radius 3 is 2.85 bits per heavy atom. The van der Waals surface area contributed by atoms with E-state index in [0.29, 0.717) is 5.69 Å². The molecule has 2 aromatic rings. The molecule has 0 bridgehead atoms. The molecule has 146 valence electrons. The molecule has 0 saturated carbocycles. The van der Waals surface area contributed by atoms with E-state index >= 15 is 0 Å². The molecule has 6 nitrogen and oxygen atoms in total. The maximum Gasteiger partial charge on any atom is 0.273 e. The average Bonchev–Trinajstić information content (AvgIpc) is 3.23. The maximum atomic E-state index is 13.4. The van der Waals surface area contributed by atoms with Crippen molar-refractivity contribution in [3.8, 4) is 0 Å². The second kappa shape index (κ2) is 9.46. The number of morpholine rings is 1. The van der Waals surface area contributed by atoms with E-state index in [1.807, 2.05) is 35.2 Å². The van der Waals surface area contributed by atoms with Crippen LogP contribution in [0, 0.1) is 0 Å². The number of halogens is 1. The molecule has 7 heteroatoms. The average molecular weight is 391 g/mol. The van der Waals surface area contributed by atoms with E-state index in [4.69, 9.17) is 4.74 Å². The van der Waals surface area contributed by atoms with Crippen molar-refractivity contribution in [3.63, 3.8) is 0 Å². The second-order valence-electron chi connectivity index (χ2n) is 6.98. The van der Waals surface area contributed by atoms with Crippen LogP contribution in [0.2, 0.25) is 0 Å². The van der Waals surface area contributed by atoms with Gasteiger partial charge in [-0.25, -0.2) is 0 Å². The predicted octanol–water partition coefficient (Wildman–Crippen LogP) is 1.79. The number of aromatic nitrogens is 1. The van der Waals surface area contributed by atoms with Crippen molar-refractivity contribution in [3.05, 3.63) is 42.2 Å². The van der Waals surface area contributed by atoms with E-state index in [1.54, 1.807) is 6.20 Å². The molecule has 27 heavy (non-hydrogen) atoms. The van der Waals surface area contributed by atoms with E-state index in [0.717, 1.165) is 69.7 Å². The monoisotopic (exact) mass is 390 g/mol. The Kier molecular flexibility index (Phi) is 7.01. The van der Waals surface area contributed by atoms with Crippen LogP contribution in [0.3, 0.4) is 0 Å². The molecule has 0 radical (unpaired) electrons. The van der Waals surface area contributed by atoms with Gasteiger partial charge in [0.25, 0.3) is 5.91 Å². The summed E-state index contributed by atoms with van der Waals surface area (Å²) in [5, 5.41) is 5.38. The zero-order valence-electron chi connectivity index (χ0n) is 15.5. The standard InChI is InChI=1S/C20H26N4O2.ClH/c25-20(19-18-4-2-1-3-16(18)5-8-22-19)24(17-6-7-21-15-17)10-9-23-11-13-26-14-12-23;/h1-5,8,17,21H,6-7,9-15H2;1H. The van der Waals surface area contributed by atoms with Crippen LogP contribution in [-0.4, -0.2) is 79.2 Å². The number of nitrogens with zero attached hydrogens (tertiary/aromatic N) is 3. The molecule has 1 aromatic heterocycles. The molecule has 2 aliphatic rings. The Balaban J connectivity index is 0.00000210. The van der Waals surface area contributed by atoms with Gasteiger partial charge in [0.15, 0.2) is 0 Å². The Hall–Kier alpha value is -1.73. The number of benzene rings is 1. The Bertz CT molecular complexity index is 755. The first-order valence-electron chi connectivity index (χ1n) is 9.48. The van der Waals surface area contributed by atoms with E-state index in [1.165, 1.54) is 0 Å². The van der Waals surface area contributed by atoms with Gasteiger partial charge in [0.1, 0.15) is 5.69 Å². The van der Waals surface area contributed by atoms with Gasteiger partial charge >= 0.3 is 0 Å². The van der Waals surface area contributed by atoms with E-state index in [2.05, 4.69) is 15.2 Å². The van der Waals surface area contributed by atoms with Crippen LogP contribution in [-0.2, 0) is 4.74 Å². The van der Waals surface area contributed by atoms with Gasteiger partial charge in [0, 0.05) is 50.3 Å². The first-order valence-corrected chi connectivity index (χ1v) is 9.48. The Morgan fingerprint density at radius 1 is 1.26 bits per heavy atom. The molecule has 0 aliphatic carbocycles. The van der Waals surface area contributed by atoms with E-state index in [-0.39, 0.29) is 24.4 Å². The van der Waals surface area contributed by atoms with Gasteiger partial charge < -0.3 is 15.0 Å². The molecule has 2 aliphatic heterocycles. The summed E-state index contributed by atoms with van der Waals surface area (Å²) < 4.78 is 5.43. The van der Waals surface area contributed by atoms with Crippen LogP contribution < -0.4 is 5.32 Å². The SMILES string of the molecule is Cl.O=C(c1nccc2ccccc12)N(CCN1CCOCC1)C1CCNC1. The highest BCUT2D eigenvalue weighted by molar-refractivity contribution is 6.05. The number of pyridine rings is 1. The van der Waals surface area contributed by atoms with Crippen LogP contribution in [0.4, 0.5) is 0 Å². The summed E-state index contributed by atoms with van der Waals surface area (Å²) in [5.74, 6) is 0.0451. The molecule has 1 N–H and O–H groups in total. The third kappa shape index (κ3) is 4.58. The number of nitrogens with one attached hydrogen (secondary N) is 1. The smallest absolute Gasteiger partial charge is 0.273 e. The molecule has 1 unspecified atom stereocenters. The zero-order chi connectivity index (χ0) is 17.8. The molecular weight excluding hydrogens is 364 g/mol. The van der Waals surface area contributed by atoms with Crippen LogP contribution in [0.15, 0.2) is 36.5 Å². The minimum atomic E-state index is 0. The summed E-state index contributed by atoms with van der Waals surface area (Å²) >= 11 is 0. The summed E-state index contributed by atoms with van der Waals surface area (Å²) in [6.07, 6.45) is 2.74. The van der Waals surface area contributed by atoms with Crippen molar-refractivity contribution in [2.45, 2.75) is 12.5 Å². The molecular formula is C20H27ClN4O2. The minimum absolute atomic E-state index is 0. The van der Waals surface area contributed by atoms with Gasteiger partial charge in [0.2, 0.25) is 0 Å². The molecule has 3 heterocycles. The number of fused-ring (bicyclic) bond motifs is 1. The zero-order valence-corrected chi connectivity index (χ0v) is 16.3. The second-order valence-corrected chi connectivity index (χ2v) is 6.98. The highest BCUT2D eigenvalue weighted by Crippen LogP contribution is 2.20. The number of hydrogen-bond donors (Lipinski definition) is 1. The summed E-state index contributed by atoms with van der Waals surface area (Å²) in [4.78, 5) is 22.3. The topological polar surface area (TPSA) is 57.7 Å². The molecule has 0 spiro atoms. The summed E-state index contributed by atoms with van der Waals surface area (Å²) in [7, 11) is 0. The van der Waals surface area contributed by atoms with Gasteiger partial charge in [0.05, 0.1) is 13.2 Å². The van der Waals surface area contributed by atoms with Crippen LogP contribution in [0.1, 0.15) is 16.9 Å². The quantitative estimate of drug-likeness (QED) is 0.843. The highest BCUT2D eigenvalue weighted by Gasteiger charge is 2.29. The van der Waals surface area contributed by atoms with Crippen molar-refractivity contribution in [1.29, 1.82) is 0 Å². The largest absolute Gasteiger partial charge is 0.379 e. The number of carbonyl (C=O) groups is 1. The van der Waals surface area contributed by atoms with E-state index in [9.17, 15) is 4.79 Å². The summed E-state index contributed by atoms with van der Waals surface area (Å²) in [5.41, 5.74) is 0.567. The summed E-state index contributed by atoms with van der Waals surface area (Å²) in [6.45, 7) is 6.89. The molecule has 1 amide bonds. The van der Waals surface area contributed by atoms with Gasteiger partial charge in [-0.15, -0.1) is 12.4 Å². The Labute approximate surface area is 166 Å². The molecule has 2 fully saturated rings. The fourth-order valence-corrected chi connectivity index (χ4v) is 3.86. The molecule has 2 saturated heterocycles. The molecule has 1 aromatic carbocycles. The number of carbonyl (C=O) groups excluding carboxylic acids is 1. The van der Waals surface area contributed by atoms with Crippen LogP contribution >= 0.6 is 12.4 Å². The lowest BCUT2D eigenvalue weighted by atomic mass is 10.1. The van der Waals surface area contributed by atoms with Crippen molar-refractivity contribution >= 4 is 29.1 Å². The normalized spacial score (nSPS) is 20.4. The lowest BCUT2D eigenvalue weighted by Crippen LogP contribution is -2.47. The Morgan fingerprint density at radius 2 is 2.07 bits per heavy atom. The van der Waals surface area contributed by atoms with Crippen LogP contribution in [0.5, 0.6) is 0 Å². The first kappa shape index (κ1) is 20.0. The third-order valence-electron chi connectivity index (χ3n) is 5.37. The third-order valence-corrected chi connectivity index (χ3v) is 5.37. The van der Waals surface area contributed by atoms with Crippen molar-refractivity contribution < 1.29 is 9.53 Å². The maximum absolute atomic E-state index is 13.4. The van der Waals surface area contributed by atoms with Gasteiger partial charge in [-0.1, -0.05) is 24.3 Å². The van der Waals surface area contributed by atoms with Gasteiger partial charge in [-0.05, 0) is 24.4 Å². The van der Waals surface area contributed by atoms with Crippen LogP contribution in [0.25, 0.3) is 10.8 Å². The number of ether oxygens (including phenoxy) is 1. The fourth-order valence-electron chi connectivity index (χ4n) is 3.86. The lowest BCUT2D eigenvalue weighted by molar-refractivity contribution is 0.0301. The number of amides is 1. The van der Waals surface area contributed by atoms with Gasteiger partial charge in [-0.3, -0.25) is 14.7 Å². The predicted molar refractivity (Wildman–Crippen MR) is 109 cm³/mol. The van der Waals surface area contributed by atoms with Crippen molar-refractivity contribution in [2.75, 3.05) is 52.5 Å². The molecule has 4 rings (SSSR count). The summed E-state index contributed by atoms with van der Waals surface area (Å²) in [6, 6.07) is 10.2. The lowest BCUT2D eigenvalue weighted by Gasteiger charge is -2.33. The van der Waals surface area contributed by atoms with Crippen molar-refractivity contribution in [1.82, 2.24) is 20.1 Å². The number of hydrogen-bond acceptors (Lipinski definition) is 5. The van der Waals surface area contributed by atoms with E-state index < -0.39 is 0 Å². The molecule has 1 atom stereocenters. The van der Waals surface area contributed by atoms with Crippen molar-refractivity contribution in [2.24, 2.45) is 0 Å². The highest BCUT2D eigenvalue weighted by atomic mass is 35.5. The fraction of sp³-hybridized carbons (Fsp3) is 0.500. The van der Waals surface area contributed by atoms with Gasteiger partial charge in [-0.2, -0.15) is 0 Å².